The van der Waals surface area contributed by atoms with Gasteiger partial charge in [0.2, 0.25) is 0 Å². The van der Waals surface area contributed by atoms with Crippen molar-refractivity contribution in [2.45, 2.75) is 25.2 Å². The topological polar surface area (TPSA) is 40.6 Å². The van der Waals surface area contributed by atoms with Crippen molar-refractivity contribution >= 4 is 37.1 Å². The Kier molecular flexibility index (Phi) is 8.95. The largest absolute Gasteiger partial charge is 0.421 e. The highest BCUT2D eigenvalue weighted by molar-refractivity contribution is 7.80. The molecule has 0 fully saturated rings. The highest BCUT2D eigenvalue weighted by Crippen LogP contribution is 2.52. The molecule has 0 aliphatic carbocycles. The Morgan fingerprint density at radius 3 is 1.24 bits per heavy atom. The molecule has 0 aromatic carbocycles. The number of amides is 2. The number of hydrogen-bond acceptors (Lipinski definition) is 4. The average Bonchev–Trinajstić information content (AvgIpc) is 2.47. The van der Waals surface area contributed by atoms with E-state index >= 15 is 0 Å². The van der Waals surface area contributed by atoms with Crippen molar-refractivity contribution < 1.29 is 35.9 Å². The molecule has 25 heavy (non-hydrogen) atoms. The Labute approximate surface area is 152 Å². The van der Waals surface area contributed by atoms with Crippen molar-refractivity contribution in [1.29, 1.82) is 0 Å². The highest BCUT2D eigenvalue weighted by Gasteiger charge is 2.81. The molecular weight excluding hydrogens is 394 g/mol. The van der Waals surface area contributed by atoms with Crippen molar-refractivity contribution in [2.24, 2.45) is 5.41 Å². The molecule has 0 radical (unpaired) electrons. The third-order valence-corrected chi connectivity index (χ3v) is 4.12. The highest BCUT2D eigenvalue weighted by atomic mass is 32.1. The SMILES string of the molecule is CN(CCCS)C(=O)C(C(=O)N(C)CCCS)(C(F)(F)F)C(F)(F)F. The summed E-state index contributed by atoms with van der Waals surface area (Å²) in [6.07, 6.45) is -12.2. The van der Waals surface area contributed by atoms with E-state index in [-0.39, 0.29) is 34.1 Å². The van der Waals surface area contributed by atoms with Crippen LogP contribution in [0, 0.1) is 5.41 Å². The van der Waals surface area contributed by atoms with Crippen LogP contribution >= 0.6 is 25.3 Å². The summed E-state index contributed by atoms with van der Waals surface area (Å²) < 4.78 is 81.0. The molecule has 0 atom stereocenters. The van der Waals surface area contributed by atoms with E-state index in [1.807, 2.05) is 0 Å². The minimum absolute atomic E-state index is 0.0703. The molecule has 0 rings (SSSR count). The number of carbonyl (C=O) groups is 2. The van der Waals surface area contributed by atoms with E-state index < -0.39 is 42.7 Å². The number of rotatable bonds is 8. The Morgan fingerprint density at radius 1 is 0.760 bits per heavy atom. The summed E-state index contributed by atoms with van der Waals surface area (Å²) in [5.41, 5.74) is -5.14. The van der Waals surface area contributed by atoms with Crippen LogP contribution in [0.1, 0.15) is 12.8 Å². The first-order valence-corrected chi connectivity index (χ1v) is 8.41. The van der Waals surface area contributed by atoms with Gasteiger partial charge in [0.15, 0.2) is 0 Å². The molecule has 0 unspecified atom stereocenters. The second kappa shape index (κ2) is 9.24. The Balaban J connectivity index is 6.19. The maximum atomic E-state index is 13.5. The average molecular weight is 414 g/mol. The van der Waals surface area contributed by atoms with E-state index in [2.05, 4.69) is 25.3 Å². The van der Waals surface area contributed by atoms with Gasteiger partial charge in [-0.1, -0.05) is 0 Å². The predicted molar refractivity (Wildman–Crippen MR) is 86.8 cm³/mol. The lowest BCUT2D eigenvalue weighted by Crippen LogP contribution is -2.67. The first-order valence-electron chi connectivity index (χ1n) is 7.15. The third-order valence-electron chi connectivity index (χ3n) is 3.49. The van der Waals surface area contributed by atoms with Gasteiger partial charge in [-0.2, -0.15) is 51.6 Å². The molecule has 0 aliphatic heterocycles. The summed E-state index contributed by atoms with van der Waals surface area (Å²) in [7, 11) is 1.58. The maximum absolute atomic E-state index is 13.5. The molecule has 4 nitrogen and oxygen atoms in total. The number of hydrogen-bond donors (Lipinski definition) is 2. The number of nitrogens with zero attached hydrogens (tertiary/aromatic N) is 2. The van der Waals surface area contributed by atoms with Crippen molar-refractivity contribution in [3.05, 3.63) is 0 Å². The van der Waals surface area contributed by atoms with Gasteiger partial charge in [-0.15, -0.1) is 0 Å². The first-order chi connectivity index (χ1) is 11.3. The minimum atomic E-state index is -6.15. The molecule has 0 aromatic rings. The summed E-state index contributed by atoms with van der Waals surface area (Å²) in [6, 6.07) is 0. The van der Waals surface area contributed by atoms with Gasteiger partial charge in [0.25, 0.3) is 11.8 Å². The number of thiol groups is 2. The van der Waals surface area contributed by atoms with E-state index in [1.165, 1.54) is 0 Å². The molecule has 0 spiro atoms. The fraction of sp³-hybridized carbons (Fsp3) is 0.846. The van der Waals surface area contributed by atoms with Gasteiger partial charge in [-0.25, -0.2) is 0 Å². The standard InChI is InChI=1S/C13H20F6N2O2S2/c1-20(5-3-7-24)9(22)11(12(14,15)16,13(17,18)19)10(23)21(2)6-4-8-25/h24-25H,3-8H2,1-2H3. The van der Waals surface area contributed by atoms with E-state index in [1.54, 1.807) is 0 Å². The lowest BCUT2D eigenvalue weighted by molar-refractivity contribution is -0.317. The number of alkyl halides is 6. The normalized spacial score (nSPS) is 12.9. The minimum Gasteiger partial charge on any atom is -0.344 e. The first kappa shape index (κ1) is 24.2. The molecule has 0 saturated heterocycles. The predicted octanol–water partition coefficient (Wildman–Crippen LogP) is 2.65. The molecule has 0 aliphatic rings. The molecule has 2 amide bonds. The van der Waals surface area contributed by atoms with Gasteiger partial charge in [0.1, 0.15) is 0 Å². The summed E-state index contributed by atoms with van der Waals surface area (Å²) in [5.74, 6) is -4.40. The van der Waals surface area contributed by atoms with Crippen molar-refractivity contribution in [2.75, 3.05) is 38.7 Å². The fourth-order valence-electron chi connectivity index (χ4n) is 2.13. The monoisotopic (exact) mass is 414 g/mol. The summed E-state index contributed by atoms with van der Waals surface area (Å²) in [6.45, 7) is -0.798. The number of halogens is 6. The van der Waals surface area contributed by atoms with E-state index in [0.717, 1.165) is 14.1 Å². The Hall–Kier alpha value is -0.780. The van der Waals surface area contributed by atoms with Crippen LogP contribution in [0.2, 0.25) is 0 Å². The van der Waals surface area contributed by atoms with Crippen LogP contribution in [0.5, 0.6) is 0 Å². The summed E-state index contributed by atoms with van der Waals surface area (Å²) in [4.78, 5) is 24.9. The van der Waals surface area contributed by atoms with Crippen LogP contribution in [0.25, 0.3) is 0 Å². The van der Waals surface area contributed by atoms with Gasteiger partial charge in [0, 0.05) is 27.2 Å². The van der Waals surface area contributed by atoms with Gasteiger partial charge in [0.05, 0.1) is 0 Å². The van der Waals surface area contributed by atoms with E-state index in [9.17, 15) is 35.9 Å². The zero-order valence-electron chi connectivity index (χ0n) is 13.6. The quantitative estimate of drug-likeness (QED) is 0.364. The molecule has 0 aromatic heterocycles. The van der Waals surface area contributed by atoms with Crippen LogP contribution in [0.15, 0.2) is 0 Å². The van der Waals surface area contributed by atoms with Crippen molar-refractivity contribution in [1.82, 2.24) is 9.80 Å². The zero-order chi connectivity index (χ0) is 20.1. The maximum Gasteiger partial charge on any atom is 0.421 e. The summed E-state index contributed by atoms with van der Waals surface area (Å²) >= 11 is 7.59. The van der Waals surface area contributed by atoms with Gasteiger partial charge < -0.3 is 9.80 Å². The Morgan fingerprint density at radius 2 is 1.04 bits per heavy atom. The molecule has 0 N–H and O–H groups in total. The molecule has 148 valence electrons. The van der Waals surface area contributed by atoms with E-state index in [0.29, 0.717) is 0 Å². The van der Waals surface area contributed by atoms with Crippen LogP contribution in [-0.2, 0) is 9.59 Å². The van der Waals surface area contributed by atoms with Gasteiger partial charge in [-0.3, -0.25) is 9.59 Å². The van der Waals surface area contributed by atoms with Crippen LogP contribution in [0.4, 0.5) is 26.3 Å². The molecule has 0 saturated carbocycles. The molecule has 12 heteroatoms. The van der Waals surface area contributed by atoms with Gasteiger partial charge >= 0.3 is 17.8 Å². The van der Waals surface area contributed by atoms with Crippen LogP contribution in [0.3, 0.4) is 0 Å². The molecule has 0 heterocycles. The zero-order valence-corrected chi connectivity index (χ0v) is 15.4. The van der Waals surface area contributed by atoms with Gasteiger partial charge in [-0.05, 0) is 24.3 Å². The molecule has 0 bridgehead atoms. The van der Waals surface area contributed by atoms with Crippen LogP contribution in [-0.4, -0.2) is 72.7 Å². The van der Waals surface area contributed by atoms with Crippen LogP contribution < -0.4 is 0 Å². The Bertz CT molecular complexity index is 428. The number of carbonyl (C=O) groups excluding carboxylic acids is 2. The smallest absolute Gasteiger partial charge is 0.344 e. The van der Waals surface area contributed by atoms with E-state index in [4.69, 9.17) is 0 Å². The third kappa shape index (κ3) is 5.11. The second-order valence-electron chi connectivity index (χ2n) is 5.35. The second-order valence-corrected chi connectivity index (χ2v) is 6.25. The van der Waals surface area contributed by atoms with Crippen molar-refractivity contribution in [3.63, 3.8) is 0 Å². The lowest BCUT2D eigenvalue weighted by atomic mass is 9.82. The summed E-state index contributed by atoms with van der Waals surface area (Å²) in [5, 5.41) is 0. The molecular formula is C13H20F6N2O2S2. The van der Waals surface area contributed by atoms with Crippen molar-refractivity contribution in [3.8, 4) is 0 Å². The lowest BCUT2D eigenvalue weighted by Gasteiger charge is -2.39. The fourth-order valence-corrected chi connectivity index (χ4v) is 2.41.